The molecule has 2 aromatic rings. The number of benzene rings is 1. The lowest BCUT2D eigenvalue weighted by molar-refractivity contribution is -0.144. The number of nitrogen functional groups attached to an aromatic ring is 1. The van der Waals surface area contributed by atoms with Crippen LogP contribution in [0.5, 0.6) is 0 Å². The van der Waals surface area contributed by atoms with Crippen molar-refractivity contribution in [2.45, 2.75) is 20.0 Å². The van der Waals surface area contributed by atoms with Gasteiger partial charge in [-0.15, -0.1) is 0 Å². The number of hydrogen-bond donors (Lipinski definition) is 1. The van der Waals surface area contributed by atoms with Crippen molar-refractivity contribution >= 4 is 5.82 Å². The lowest BCUT2D eigenvalue weighted by atomic mass is 10.0. The molecule has 0 aliphatic heterocycles. The van der Waals surface area contributed by atoms with Gasteiger partial charge in [-0.2, -0.15) is 13.2 Å². The van der Waals surface area contributed by atoms with Gasteiger partial charge in [-0.1, -0.05) is 23.8 Å². The molecule has 2 N–H and O–H groups in total. The SMILES string of the molecule is Cc1ccc(-c2cc(N)nc(C(F)(F)F)n2)c(C)c1. The Balaban J connectivity index is 2.59. The summed E-state index contributed by atoms with van der Waals surface area (Å²) in [5, 5.41) is 0. The first-order valence-corrected chi connectivity index (χ1v) is 5.57. The minimum Gasteiger partial charge on any atom is -0.384 e. The Morgan fingerprint density at radius 3 is 2.32 bits per heavy atom. The van der Waals surface area contributed by atoms with Crippen LogP contribution in [0.1, 0.15) is 17.0 Å². The number of aromatic nitrogens is 2. The van der Waals surface area contributed by atoms with Crippen molar-refractivity contribution in [2.24, 2.45) is 0 Å². The number of aryl methyl sites for hydroxylation is 2. The average molecular weight is 267 g/mol. The molecule has 1 aromatic heterocycles. The molecule has 19 heavy (non-hydrogen) atoms. The highest BCUT2D eigenvalue weighted by molar-refractivity contribution is 5.66. The summed E-state index contributed by atoms with van der Waals surface area (Å²) >= 11 is 0. The van der Waals surface area contributed by atoms with E-state index in [4.69, 9.17) is 5.73 Å². The topological polar surface area (TPSA) is 51.8 Å². The van der Waals surface area contributed by atoms with E-state index in [0.717, 1.165) is 11.1 Å². The first-order valence-electron chi connectivity index (χ1n) is 5.57. The minimum absolute atomic E-state index is 0.178. The van der Waals surface area contributed by atoms with E-state index in [0.29, 0.717) is 5.56 Å². The van der Waals surface area contributed by atoms with Crippen LogP contribution in [0.15, 0.2) is 24.3 Å². The van der Waals surface area contributed by atoms with E-state index in [1.165, 1.54) is 6.07 Å². The van der Waals surface area contributed by atoms with Crippen LogP contribution < -0.4 is 5.73 Å². The summed E-state index contributed by atoms with van der Waals surface area (Å²) in [6.45, 7) is 3.72. The van der Waals surface area contributed by atoms with Gasteiger partial charge in [0, 0.05) is 11.6 Å². The van der Waals surface area contributed by atoms with Gasteiger partial charge >= 0.3 is 6.18 Å². The van der Waals surface area contributed by atoms with Crippen LogP contribution >= 0.6 is 0 Å². The highest BCUT2D eigenvalue weighted by Crippen LogP contribution is 2.30. The highest BCUT2D eigenvalue weighted by Gasteiger charge is 2.35. The zero-order chi connectivity index (χ0) is 14.2. The number of hydrogen-bond acceptors (Lipinski definition) is 3. The fourth-order valence-electron chi connectivity index (χ4n) is 1.83. The molecule has 0 spiro atoms. The van der Waals surface area contributed by atoms with Crippen molar-refractivity contribution in [3.8, 4) is 11.3 Å². The number of nitrogens with two attached hydrogens (primary N) is 1. The molecule has 2 rings (SSSR count). The van der Waals surface area contributed by atoms with Gasteiger partial charge in [-0.3, -0.25) is 0 Å². The molecule has 3 nitrogen and oxygen atoms in total. The predicted octanol–water partition coefficient (Wildman–Crippen LogP) is 3.36. The lowest BCUT2D eigenvalue weighted by Gasteiger charge is -2.10. The van der Waals surface area contributed by atoms with Gasteiger partial charge in [0.15, 0.2) is 0 Å². The summed E-state index contributed by atoms with van der Waals surface area (Å²) < 4.78 is 37.9. The van der Waals surface area contributed by atoms with Crippen LogP contribution in [0.3, 0.4) is 0 Å². The third-order valence-corrected chi connectivity index (χ3v) is 2.66. The fourth-order valence-corrected chi connectivity index (χ4v) is 1.83. The minimum atomic E-state index is -4.61. The van der Waals surface area contributed by atoms with Gasteiger partial charge in [-0.25, -0.2) is 9.97 Å². The van der Waals surface area contributed by atoms with Gasteiger partial charge in [-0.05, 0) is 19.4 Å². The van der Waals surface area contributed by atoms with Gasteiger partial charge < -0.3 is 5.73 Å². The van der Waals surface area contributed by atoms with Crippen molar-refractivity contribution in [2.75, 3.05) is 5.73 Å². The molecular formula is C13H12F3N3. The Hall–Kier alpha value is -2.11. The standard InChI is InChI=1S/C13H12F3N3/c1-7-3-4-9(8(2)5-7)10-6-11(17)19-12(18-10)13(14,15)16/h3-6H,1-2H3,(H2,17,18,19). The Labute approximate surface area is 108 Å². The van der Waals surface area contributed by atoms with Crippen LogP contribution in [0.4, 0.5) is 19.0 Å². The third kappa shape index (κ3) is 2.83. The highest BCUT2D eigenvalue weighted by atomic mass is 19.4. The van der Waals surface area contributed by atoms with Crippen LogP contribution in [0.2, 0.25) is 0 Å². The predicted molar refractivity (Wildman–Crippen MR) is 66.4 cm³/mol. The molecule has 0 unspecified atom stereocenters. The largest absolute Gasteiger partial charge is 0.451 e. The zero-order valence-electron chi connectivity index (χ0n) is 10.4. The lowest BCUT2D eigenvalue weighted by Crippen LogP contribution is -2.13. The molecular weight excluding hydrogens is 255 g/mol. The summed E-state index contributed by atoms with van der Waals surface area (Å²) in [6, 6.07) is 6.76. The maximum absolute atomic E-state index is 12.6. The molecule has 1 aromatic carbocycles. The van der Waals surface area contributed by atoms with Crippen molar-refractivity contribution in [1.82, 2.24) is 9.97 Å². The number of halogens is 3. The molecule has 1 heterocycles. The van der Waals surface area contributed by atoms with Crippen molar-refractivity contribution in [3.63, 3.8) is 0 Å². The van der Waals surface area contributed by atoms with Crippen LogP contribution in [-0.4, -0.2) is 9.97 Å². The van der Waals surface area contributed by atoms with Crippen LogP contribution in [0, 0.1) is 13.8 Å². The molecule has 0 radical (unpaired) electrons. The molecule has 0 bridgehead atoms. The maximum atomic E-state index is 12.6. The second-order valence-electron chi connectivity index (χ2n) is 4.32. The Kier molecular flexibility index (Phi) is 3.18. The van der Waals surface area contributed by atoms with Gasteiger partial charge in [0.25, 0.3) is 0 Å². The Morgan fingerprint density at radius 2 is 1.74 bits per heavy atom. The molecule has 6 heteroatoms. The normalized spacial score (nSPS) is 11.6. The molecule has 0 saturated heterocycles. The second kappa shape index (κ2) is 4.53. The van der Waals surface area contributed by atoms with Crippen molar-refractivity contribution < 1.29 is 13.2 Å². The zero-order valence-corrected chi connectivity index (χ0v) is 10.4. The molecule has 0 aliphatic carbocycles. The summed E-state index contributed by atoms with van der Waals surface area (Å²) in [5.74, 6) is -1.42. The molecule has 0 amide bonds. The van der Waals surface area contributed by atoms with Crippen LogP contribution in [-0.2, 0) is 6.18 Å². The molecule has 0 fully saturated rings. The Morgan fingerprint density at radius 1 is 1.05 bits per heavy atom. The fraction of sp³-hybridized carbons (Fsp3) is 0.231. The van der Waals surface area contributed by atoms with E-state index in [1.54, 1.807) is 6.07 Å². The second-order valence-corrected chi connectivity index (χ2v) is 4.32. The Bertz CT molecular complexity index is 621. The monoisotopic (exact) mass is 267 g/mol. The first-order chi connectivity index (χ1) is 8.77. The number of rotatable bonds is 1. The van der Waals surface area contributed by atoms with Crippen molar-refractivity contribution in [3.05, 3.63) is 41.2 Å². The molecule has 0 saturated carbocycles. The third-order valence-electron chi connectivity index (χ3n) is 2.66. The quantitative estimate of drug-likeness (QED) is 0.861. The molecule has 0 aliphatic rings. The van der Waals surface area contributed by atoms with E-state index in [2.05, 4.69) is 9.97 Å². The number of alkyl halides is 3. The van der Waals surface area contributed by atoms with Gasteiger partial charge in [0.05, 0.1) is 5.69 Å². The van der Waals surface area contributed by atoms with E-state index >= 15 is 0 Å². The van der Waals surface area contributed by atoms with E-state index in [1.807, 2.05) is 26.0 Å². The summed E-state index contributed by atoms with van der Waals surface area (Å²) in [7, 11) is 0. The van der Waals surface area contributed by atoms with Crippen LogP contribution in [0.25, 0.3) is 11.3 Å². The molecule has 100 valence electrons. The van der Waals surface area contributed by atoms with E-state index in [9.17, 15) is 13.2 Å². The summed E-state index contributed by atoms with van der Waals surface area (Å²) in [4.78, 5) is 6.77. The average Bonchev–Trinajstić information content (AvgIpc) is 2.26. The van der Waals surface area contributed by atoms with Gasteiger partial charge in [0.2, 0.25) is 5.82 Å². The number of nitrogens with zero attached hydrogens (tertiary/aromatic N) is 2. The van der Waals surface area contributed by atoms with Crippen molar-refractivity contribution in [1.29, 1.82) is 0 Å². The number of anilines is 1. The summed E-state index contributed by atoms with van der Waals surface area (Å²) in [5.41, 5.74) is 8.08. The maximum Gasteiger partial charge on any atom is 0.451 e. The van der Waals surface area contributed by atoms with Gasteiger partial charge in [0.1, 0.15) is 5.82 Å². The van der Waals surface area contributed by atoms with E-state index < -0.39 is 12.0 Å². The first kappa shape index (κ1) is 13.3. The smallest absolute Gasteiger partial charge is 0.384 e. The summed E-state index contributed by atoms with van der Waals surface area (Å²) in [6.07, 6.45) is -4.61. The molecule has 0 atom stereocenters. The van der Waals surface area contributed by atoms with E-state index in [-0.39, 0.29) is 11.5 Å².